The third-order valence-corrected chi connectivity index (χ3v) is 2.58. The van der Waals surface area contributed by atoms with Gasteiger partial charge in [0.15, 0.2) is 0 Å². The summed E-state index contributed by atoms with van der Waals surface area (Å²) in [5.41, 5.74) is 8.63. The second-order valence-corrected chi connectivity index (χ2v) is 4.32. The third-order valence-electron chi connectivity index (χ3n) is 2.58. The van der Waals surface area contributed by atoms with E-state index in [0.29, 0.717) is 5.92 Å². The molecule has 0 saturated carbocycles. The second-order valence-electron chi connectivity index (χ2n) is 4.32. The quantitative estimate of drug-likeness (QED) is 0.805. The molecule has 2 atom stereocenters. The van der Waals surface area contributed by atoms with Gasteiger partial charge in [0, 0.05) is 19.8 Å². The Hall–Kier alpha value is -0.860. The fourth-order valence-electron chi connectivity index (χ4n) is 1.82. The van der Waals surface area contributed by atoms with Crippen LogP contribution in [0, 0.1) is 12.8 Å². The van der Waals surface area contributed by atoms with Crippen LogP contribution in [0.4, 0.5) is 0 Å². The van der Waals surface area contributed by atoms with E-state index >= 15 is 0 Å². The molecule has 0 radical (unpaired) electrons. The van der Waals surface area contributed by atoms with E-state index in [0.717, 1.165) is 13.0 Å². The lowest BCUT2D eigenvalue weighted by Gasteiger charge is -2.17. The molecule has 15 heavy (non-hydrogen) atoms. The Bertz CT molecular complexity index is 298. The van der Waals surface area contributed by atoms with Gasteiger partial charge in [0.25, 0.3) is 0 Å². The number of ether oxygens (including phenoxy) is 1. The molecule has 0 aromatic heterocycles. The summed E-state index contributed by atoms with van der Waals surface area (Å²) in [5, 5.41) is 0. The highest BCUT2D eigenvalue weighted by atomic mass is 16.5. The molecule has 0 heterocycles. The average molecular weight is 207 g/mol. The molecule has 0 aliphatic carbocycles. The van der Waals surface area contributed by atoms with E-state index in [1.165, 1.54) is 11.1 Å². The van der Waals surface area contributed by atoms with Crippen molar-refractivity contribution in [2.75, 3.05) is 13.7 Å². The van der Waals surface area contributed by atoms with Crippen LogP contribution in [0.3, 0.4) is 0 Å². The molecule has 0 aliphatic heterocycles. The minimum absolute atomic E-state index is 0.120. The molecule has 0 saturated heterocycles. The first kappa shape index (κ1) is 12.2. The van der Waals surface area contributed by atoms with Gasteiger partial charge >= 0.3 is 0 Å². The summed E-state index contributed by atoms with van der Waals surface area (Å²) in [6.45, 7) is 5.04. The first-order valence-corrected chi connectivity index (χ1v) is 5.44. The van der Waals surface area contributed by atoms with E-state index in [1.807, 2.05) is 0 Å². The molecule has 0 aliphatic rings. The van der Waals surface area contributed by atoms with Gasteiger partial charge in [-0.2, -0.15) is 0 Å². The zero-order chi connectivity index (χ0) is 11.3. The molecule has 0 spiro atoms. The summed E-state index contributed by atoms with van der Waals surface area (Å²) in [6.07, 6.45) is 0.970. The Kier molecular flexibility index (Phi) is 4.79. The van der Waals surface area contributed by atoms with E-state index in [4.69, 9.17) is 10.5 Å². The molecular weight excluding hydrogens is 186 g/mol. The molecule has 1 aromatic carbocycles. The molecule has 0 fully saturated rings. The number of rotatable bonds is 5. The summed E-state index contributed by atoms with van der Waals surface area (Å²) in [6, 6.07) is 8.52. The minimum atomic E-state index is 0.120. The second kappa shape index (κ2) is 5.89. The van der Waals surface area contributed by atoms with Crippen LogP contribution in [0.1, 0.15) is 30.5 Å². The monoisotopic (exact) mass is 207 g/mol. The van der Waals surface area contributed by atoms with Crippen LogP contribution in [0.2, 0.25) is 0 Å². The molecule has 0 bridgehead atoms. The largest absolute Gasteiger partial charge is 0.384 e. The van der Waals surface area contributed by atoms with Crippen molar-refractivity contribution in [1.82, 2.24) is 0 Å². The van der Waals surface area contributed by atoms with Crippen molar-refractivity contribution in [2.24, 2.45) is 11.7 Å². The molecule has 1 aromatic rings. The zero-order valence-corrected chi connectivity index (χ0v) is 9.86. The molecule has 2 nitrogen and oxygen atoms in total. The first-order valence-electron chi connectivity index (χ1n) is 5.44. The molecule has 2 heteroatoms. The van der Waals surface area contributed by atoms with Crippen LogP contribution >= 0.6 is 0 Å². The first-order chi connectivity index (χ1) is 7.13. The topological polar surface area (TPSA) is 35.2 Å². The maximum Gasteiger partial charge on any atom is 0.0488 e. The van der Waals surface area contributed by atoms with E-state index in [-0.39, 0.29) is 6.04 Å². The number of nitrogens with two attached hydrogens (primary N) is 1. The Balaban J connectivity index is 2.56. The summed E-state index contributed by atoms with van der Waals surface area (Å²) in [4.78, 5) is 0. The molecule has 2 unspecified atom stereocenters. The van der Waals surface area contributed by atoms with Crippen LogP contribution in [-0.2, 0) is 4.74 Å². The number of hydrogen-bond acceptors (Lipinski definition) is 2. The third kappa shape index (κ3) is 4.02. The number of aryl methyl sites for hydroxylation is 1. The maximum absolute atomic E-state index is 6.14. The van der Waals surface area contributed by atoms with E-state index < -0.39 is 0 Å². The Morgan fingerprint density at radius 3 is 2.73 bits per heavy atom. The Morgan fingerprint density at radius 2 is 2.13 bits per heavy atom. The SMILES string of the molecule is COCC(C)CC(N)c1cccc(C)c1. The molecule has 1 rings (SSSR count). The number of benzene rings is 1. The van der Waals surface area contributed by atoms with E-state index in [1.54, 1.807) is 7.11 Å². The van der Waals surface area contributed by atoms with Crippen LogP contribution in [0.25, 0.3) is 0 Å². The summed E-state index contributed by atoms with van der Waals surface area (Å²) in [5.74, 6) is 0.505. The van der Waals surface area contributed by atoms with Crippen molar-refractivity contribution in [3.8, 4) is 0 Å². The van der Waals surface area contributed by atoms with Gasteiger partial charge in [0.1, 0.15) is 0 Å². The van der Waals surface area contributed by atoms with Crippen molar-refractivity contribution >= 4 is 0 Å². The fraction of sp³-hybridized carbons (Fsp3) is 0.538. The van der Waals surface area contributed by atoms with Crippen molar-refractivity contribution in [2.45, 2.75) is 26.3 Å². The van der Waals surface area contributed by atoms with Gasteiger partial charge in [0.2, 0.25) is 0 Å². The lowest BCUT2D eigenvalue weighted by atomic mass is 9.96. The lowest BCUT2D eigenvalue weighted by Crippen LogP contribution is -2.16. The van der Waals surface area contributed by atoms with Crippen LogP contribution in [-0.4, -0.2) is 13.7 Å². The van der Waals surface area contributed by atoms with Crippen LogP contribution < -0.4 is 5.73 Å². The average Bonchev–Trinajstić information content (AvgIpc) is 2.18. The van der Waals surface area contributed by atoms with Crippen molar-refractivity contribution in [3.05, 3.63) is 35.4 Å². The Morgan fingerprint density at radius 1 is 1.40 bits per heavy atom. The standard InChI is InChI=1S/C13H21NO/c1-10-5-4-6-12(7-10)13(14)8-11(2)9-15-3/h4-7,11,13H,8-9,14H2,1-3H3. The van der Waals surface area contributed by atoms with E-state index in [9.17, 15) is 0 Å². The molecule has 0 amide bonds. The molecular formula is C13H21NO. The summed E-state index contributed by atoms with van der Waals surface area (Å²) >= 11 is 0. The highest BCUT2D eigenvalue weighted by Crippen LogP contribution is 2.19. The predicted molar refractivity (Wildman–Crippen MR) is 63.8 cm³/mol. The van der Waals surface area contributed by atoms with Gasteiger partial charge in [0.05, 0.1) is 0 Å². The Labute approximate surface area is 92.4 Å². The lowest BCUT2D eigenvalue weighted by molar-refractivity contribution is 0.152. The predicted octanol–water partition coefficient (Wildman–Crippen LogP) is 2.67. The van der Waals surface area contributed by atoms with Gasteiger partial charge in [-0.25, -0.2) is 0 Å². The van der Waals surface area contributed by atoms with Crippen LogP contribution in [0.5, 0.6) is 0 Å². The van der Waals surface area contributed by atoms with Gasteiger partial charge < -0.3 is 10.5 Å². The zero-order valence-electron chi connectivity index (χ0n) is 9.86. The highest BCUT2D eigenvalue weighted by molar-refractivity contribution is 5.24. The van der Waals surface area contributed by atoms with Gasteiger partial charge in [-0.3, -0.25) is 0 Å². The minimum Gasteiger partial charge on any atom is -0.384 e. The van der Waals surface area contributed by atoms with E-state index in [2.05, 4.69) is 38.1 Å². The molecule has 84 valence electrons. The number of hydrogen-bond donors (Lipinski definition) is 1. The van der Waals surface area contributed by atoms with Crippen LogP contribution in [0.15, 0.2) is 24.3 Å². The summed E-state index contributed by atoms with van der Waals surface area (Å²) < 4.78 is 5.11. The van der Waals surface area contributed by atoms with Gasteiger partial charge in [-0.15, -0.1) is 0 Å². The van der Waals surface area contributed by atoms with Crippen molar-refractivity contribution in [1.29, 1.82) is 0 Å². The van der Waals surface area contributed by atoms with Gasteiger partial charge in [-0.1, -0.05) is 36.8 Å². The van der Waals surface area contributed by atoms with Gasteiger partial charge in [-0.05, 0) is 24.8 Å². The maximum atomic E-state index is 6.14. The fourth-order valence-corrected chi connectivity index (χ4v) is 1.82. The molecule has 2 N–H and O–H groups in total. The normalized spacial score (nSPS) is 14.9. The van der Waals surface area contributed by atoms with Crippen molar-refractivity contribution in [3.63, 3.8) is 0 Å². The highest BCUT2D eigenvalue weighted by Gasteiger charge is 2.10. The van der Waals surface area contributed by atoms with Crippen molar-refractivity contribution < 1.29 is 4.74 Å². The smallest absolute Gasteiger partial charge is 0.0488 e. The summed E-state index contributed by atoms with van der Waals surface area (Å²) in [7, 11) is 1.73. The number of methoxy groups -OCH3 is 1.